The van der Waals surface area contributed by atoms with Gasteiger partial charge in [0.15, 0.2) is 15.7 Å². The molecule has 28 heavy (non-hydrogen) atoms. The monoisotopic (exact) mass is 401 g/mol. The van der Waals surface area contributed by atoms with E-state index in [0.717, 1.165) is 23.3 Å². The van der Waals surface area contributed by atoms with E-state index in [2.05, 4.69) is 26.8 Å². The number of hydrogen-bond donors (Lipinski definition) is 1. The molecule has 0 radical (unpaired) electrons. The van der Waals surface area contributed by atoms with Crippen LogP contribution in [0.2, 0.25) is 0 Å². The maximum atomic E-state index is 11.9. The molecule has 1 fully saturated rings. The largest absolute Gasteiger partial charge is 0.377 e. The number of aromatic amines is 1. The van der Waals surface area contributed by atoms with E-state index in [1.807, 2.05) is 24.4 Å². The number of fused-ring (bicyclic) bond motifs is 1. The van der Waals surface area contributed by atoms with Crippen LogP contribution in [0.4, 0.5) is 5.82 Å². The zero-order valence-corrected chi connectivity index (χ0v) is 16.7. The van der Waals surface area contributed by atoms with Crippen LogP contribution in [0.3, 0.4) is 0 Å². The lowest BCUT2D eigenvalue weighted by Crippen LogP contribution is -2.45. The lowest BCUT2D eigenvalue weighted by Gasteiger charge is -2.36. The maximum Gasteiger partial charge on any atom is 0.180 e. The number of H-pyrrole nitrogens is 1. The third-order valence-corrected chi connectivity index (χ3v) is 5.62. The van der Waals surface area contributed by atoms with Gasteiger partial charge in [-0.05, 0) is 24.6 Å². The number of ether oxygens (including phenoxy) is 1. The third-order valence-electron chi connectivity index (χ3n) is 4.80. The minimum Gasteiger partial charge on any atom is -0.377 e. The average Bonchev–Trinajstić information content (AvgIpc) is 3.14. The van der Waals surface area contributed by atoms with Crippen LogP contribution in [0.5, 0.6) is 0 Å². The molecule has 3 aromatic heterocycles. The average molecular weight is 401 g/mol. The van der Waals surface area contributed by atoms with Crippen LogP contribution in [0.15, 0.2) is 30.5 Å². The number of aromatic nitrogens is 4. The molecule has 0 aromatic carbocycles. The van der Waals surface area contributed by atoms with Gasteiger partial charge >= 0.3 is 0 Å². The van der Waals surface area contributed by atoms with Crippen molar-refractivity contribution in [3.8, 4) is 11.5 Å². The summed E-state index contributed by atoms with van der Waals surface area (Å²) in [7, 11) is -3.23. The molecule has 0 amide bonds. The maximum absolute atomic E-state index is 11.9. The predicted octanol–water partition coefficient (Wildman–Crippen LogP) is 2.18. The van der Waals surface area contributed by atoms with Gasteiger partial charge in [0.1, 0.15) is 11.5 Å². The van der Waals surface area contributed by atoms with Crippen molar-refractivity contribution in [2.24, 2.45) is 0 Å². The van der Waals surface area contributed by atoms with Crippen molar-refractivity contribution in [2.45, 2.75) is 25.1 Å². The molecule has 9 heteroatoms. The summed E-state index contributed by atoms with van der Waals surface area (Å²) in [6, 6.07) is 7.62. The van der Waals surface area contributed by atoms with Crippen LogP contribution in [0.1, 0.15) is 19.0 Å². The topological polar surface area (TPSA) is 101 Å². The van der Waals surface area contributed by atoms with Gasteiger partial charge in [0.25, 0.3) is 0 Å². The van der Waals surface area contributed by atoms with Crippen LogP contribution >= 0.6 is 0 Å². The van der Waals surface area contributed by atoms with Crippen LogP contribution in [-0.2, 0) is 20.3 Å². The van der Waals surface area contributed by atoms with Gasteiger partial charge < -0.3 is 14.6 Å². The summed E-state index contributed by atoms with van der Waals surface area (Å²) in [6.07, 6.45) is 3.95. The number of nitrogens with one attached hydrogen (secondary N) is 1. The summed E-state index contributed by atoms with van der Waals surface area (Å²) in [5, 5.41) is 0. The quantitative estimate of drug-likeness (QED) is 0.699. The van der Waals surface area contributed by atoms with E-state index in [4.69, 9.17) is 9.72 Å². The van der Waals surface area contributed by atoms with Crippen molar-refractivity contribution < 1.29 is 13.2 Å². The first kappa shape index (κ1) is 18.8. The van der Waals surface area contributed by atoms with Crippen molar-refractivity contribution in [2.75, 3.05) is 30.9 Å². The second kappa shape index (κ2) is 7.48. The highest BCUT2D eigenvalue weighted by atomic mass is 32.2. The molecular formula is C19H23N5O3S. The van der Waals surface area contributed by atoms with E-state index in [0.29, 0.717) is 37.0 Å². The highest BCUT2D eigenvalue weighted by Gasteiger charge is 2.24. The van der Waals surface area contributed by atoms with Gasteiger partial charge in [-0.3, -0.25) is 0 Å². The predicted molar refractivity (Wildman–Crippen MR) is 108 cm³/mol. The SMILES string of the molecule is CC[C@H]1COCCN1c1cc(CS(C)(=O)=O)nc(-c2ccc3[nH]ccc3n2)n1. The van der Waals surface area contributed by atoms with Crippen LogP contribution < -0.4 is 4.90 Å². The highest BCUT2D eigenvalue weighted by molar-refractivity contribution is 7.89. The van der Waals surface area contributed by atoms with Crippen molar-refractivity contribution >= 4 is 26.7 Å². The van der Waals surface area contributed by atoms with Crippen LogP contribution in [0.25, 0.3) is 22.6 Å². The summed E-state index contributed by atoms with van der Waals surface area (Å²) in [4.78, 5) is 19.2. The number of pyridine rings is 1. The van der Waals surface area contributed by atoms with Crippen LogP contribution in [0, 0.1) is 0 Å². The Hall–Kier alpha value is -2.52. The molecule has 8 nitrogen and oxygen atoms in total. The molecule has 1 aliphatic heterocycles. The molecule has 0 bridgehead atoms. The van der Waals surface area contributed by atoms with Gasteiger partial charge in [0, 0.05) is 25.1 Å². The summed E-state index contributed by atoms with van der Waals surface area (Å²) >= 11 is 0. The Bertz CT molecular complexity index is 1100. The normalized spacial score (nSPS) is 17.9. The fourth-order valence-corrected chi connectivity index (χ4v) is 4.13. The summed E-state index contributed by atoms with van der Waals surface area (Å²) in [6.45, 7) is 4.06. The van der Waals surface area contributed by atoms with E-state index in [1.165, 1.54) is 6.26 Å². The van der Waals surface area contributed by atoms with E-state index in [9.17, 15) is 8.42 Å². The number of rotatable bonds is 5. The smallest absolute Gasteiger partial charge is 0.180 e. The van der Waals surface area contributed by atoms with Crippen molar-refractivity contribution in [3.05, 3.63) is 36.2 Å². The van der Waals surface area contributed by atoms with Crippen LogP contribution in [-0.4, -0.2) is 60.4 Å². The van der Waals surface area contributed by atoms with Crippen molar-refractivity contribution in [1.82, 2.24) is 19.9 Å². The van der Waals surface area contributed by atoms with Gasteiger partial charge in [0.05, 0.1) is 41.7 Å². The summed E-state index contributed by atoms with van der Waals surface area (Å²) in [5.41, 5.74) is 2.83. The van der Waals surface area contributed by atoms with E-state index in [-0.39, 0.29) is 11.8 Å². The van der Waals surface area contributed by atoms with Gasteiger partial charge in [-0.1, -0.05) is 6.92 Å². The van der Waals surface area contributed by atoms with E-state index >= 15 is 0 Å². The molecule has 1 saturated heterocycles. The number of sulfone groups is 1. The second-order valence-corrected chi connectivity index (χ2v) is 9.19. The first-order valence-corrected chi connectivity index (χ1v) is 11.3. The second-order valence-electron chi connectivity index (χ2n) is 7.05. The molecule has 3 aromatic rings. The standard InChI is InChI=1S/C19H23N5O3S/c1-3-14-11-27-9-8-24(14)18-10-13(12-28(2,25)26)21-19(23-18)17-5-4-15-16(22-17)6-7-20-15/h4-7,10,14,20H,3,8-9,11-12H2,1-2H3/t14-/m0/s1. The third kappa shape index (κ3) is 4.00. The molecule has 4 rings (SSSR count). The minimum absolute atomic E-state index is 0.136. The number of anilines is 1. The molecule has 4 heterocycles. The van der Waals surface area contributed by atoms with Gasteiger partial charge in [-0.2, -0.15) is 0 Å². The first-order chi connectivity index (χ1) is 13.4. The Morgan fingerprint density at radius 2 is 2.11 bits per heavy atom. The number of hydrogen-bond acceptors (Lipinski definition) is 7. The Balaban J connectivity index is 1.81. The van der Waals surface area contributed by atoms with Gasteiger partial charge in [-0.25, -0.2) is 23.4 Å². The molecular weight excluding hydrogens is 378 g/mol. The fraction of sp³-hybridized carbons (Fsp3) is 0.421. The Kier molecular flexibility index (Phi) is 5.03. The first-order valence-electron chi connectivity index (χ1n) is 9.27. The summed E-state index contributed by atoms with van der Waals surface area (Å²) in [5.74, 6) is 1.01. The zero-order valence-electron chi connectivity index (χ0n) is 15.9. The number of morpholine rings is 1. The Morgan fingerprint density at radius 1 is 1.25 bits per heavy atom. The minimum atomic E-state index is -3.23. The lowest BCUT2D eigenvalue weighted by atomic mass is 10.1. The lowest BCUT2D eigenvalue weighted by molar-refractivity contribution is 0.0925. The van der Waals surface area contributed by atoms with E-state index in [1.54, 1.807) is 6.07 Å². The molecule has 1 N–H and O–H groups in total. The molecule has 0 unspecified atom stereocenters. The van der Waals surface area contributed by atoms with E-state index < -0.39 is 9.84 Å². The van der Waals surface area contributed by atoms with Gasteiger partial charge in [-0.15, -0.1) is 0 Å². The summed E-state index contributed by atoms with van der Waals surface area (Å²) < 4.78 is 29.4. The fourth-order valence-electron chi connectivity index (χ4n) is 3.44. The van der Waals surface area contributed by atoms with Crippen molar-refractivity contribution in [3.63, 3.8) is 0 Å². The zero-order chi connectivity index (χ0) is 19.7. The molecule has 148 valence electrons. The van der Waals surface area contributed by atoms with Gasteiger partial charge in [0.2, 0.25) is 0 Å². The molecule has 1 aliphatic rings. The Morgan fingerprint density at radius 3 is 2.89 bits per heavy atom. The van der Waals surface area contributed by atoms with Crippen molar-refractivity contribution in [1.29, 1.82) is 0 Å². The number of nitrogens with zero attached hydrogens (tertiary/aromatic N) is 4. The molecule has 1 atom stereocenters. The molecule has 0 aliphatic carbocycles. The Labute approximate surface area is 163 Å². The molecule has 0 spiro atoms. The highest BCUT2D eigenvalue weighted by Crippen LogP contribution is 2.25. The molecule has 0 saturated carbocycles.